The van der Waals surface area contributed by atoms with Gasteiger partial charge in [-0.25, -0.2) is 4.99 Å². The van der Waals surface area contributed by atoms with Crippen molar-refractivity contribution in [3.05, 3.63) is 81.9 Å². The van der Waals surface area contributed by atoms with Crippen LogP contribution in [0, 0.1) is 10.1 Å². The fraction of sp³-hybridized carbons (Fsp3) is 0.143. The average Bonchev–Trinajstić information content (AvgIpc) is 2.64. The second-order valence-corrected chi connectivity index (χ2v) is 6.94. The highest BCUT2D eigenvalue weighted by Crippen LogP contribution is 2.28. The number of guanidine groups is 2. The third kappa shape index (κ3) is 4.67. The normalized spacial score (nSPS) is 16.1. The van der Waals surface area contributed by atoms with Crippen molar-refractivity contribution in [3.63, 3.8) is 0 Å². The standard InChI is InChI=1S/C21H22N6O2/c1-21(2)25-19(22)24-20(23)26(21)17-11-5-9-15(13-17)7-3-4-8-16-10-6-12-18(14-16)27(28)29/h3-14H,1-2H3,(H4,22,23,24,25)/b7-3+,8-4+. The lowest BCUT2D eigenvalue weighted by Crippen LogP contribution is -2.54. The Balaban J connectivity index is 1.78. The van der Waals surface area contributed by atoms with Crippen LogP contribution < -0.4 is 16.4 Å². The molecule has 4 N–H and O–H groups in total. The molecule has 3 rings (SSSR count). The van der Waals surface area contributed by atoms with E-state index in [1.54, 1.807) is 6.07 Å². The lowest BCUT2D eigenvalue weighted by atomic mass is 10.1. The Bertz CT molecular complexity index is 1050. The molecule has 29 heavy (non-hydrogen) atoms. The second-order valence-electron chi connectivity index (χ2n) is 6.94. The molecule has 8 nitrogen and oxygen atoms in total. The topological polar surface area (TPSA) is 123 Å². The first kappa shape index (κ1) is 19.8. The number of hydrogen-bond acceptors (Lipinski definition) is 7. The summed E-state index contributed by atoms with van der Waals surface area (Å²) in [5.74, 6) is 0.445. The molecule has 0 atom stereocenters. The van der Waals surface area contributed by atoms with Crippen LogP contribution in [0.5, 0.6) is 0 Å². The number of rotatable bonds is 5. The predicted molar refractivity (Wildman–Crippen MR) is 117 cm³/mol. The van der Waals surface area contributed by atoms with Crippen LogP contribution in [0.3, 0.4) is 0 Å². The SMILES string of the molecule is CC1(C)N=C(N)N=C(N)N1c1cccc(/C=C/C=C/c2cccc([N+](=O)[O-])c2)c1. The molecular formula is C21H22N6O2. The van der Waals surface area contributed by atoms with Crippen LogP contribution in [-0.4, -0.2) is 22.5 Å². The van der Waals surface area contributed by atoms with Crippen molar-refractivity contribution < 1.29 is 4.92 Å². The van der Waals surface area contributed by atoms with Crippen LogP contribution >= 0.6 is 0 Å². The minimum Gasteiger partial charge on any atom is -0.369 e. The molecule has 0 spiro atoms. The highest BCUT2D eigenvalue weighted by molar-refractivity contribution is 6.05. The molecule has 1 aliphatic heterocycles. The Morgan fingerprint density at radius 2 is 1.66 bits per heavy atom. The predicted octanol–water partition coefficient (Wildman–Crippen LogP) is 3.51. The molecule has 2 aromatic carbocycles. The van der Waals surface area contributed by atoms with Gasteiger partial charge in [0.15, 0.2) is 0 Å². The summed E-state index contributed by atoms with van der Waals surface area (Å²) in [6.07, 6.45) is 7.44. The summed E-state index contributed by atoms with van der Waals surface area (Å²) in [4.78, 5) is 20.7. The zero-order chi connectivity index (χ0) is 21.0. The van der Waals surface area contributed by atoms with Gasteiger partial charge in [0.1, 0.15) is 5.66 Å². The van der Waals surface area contributed by atoms with Crippen LogP contribution in [0.25, 0.3) is 12.2 Å². The summed E-state index contributed by atoms with van der Waals surface area (Å²) in [6.45, 7) is 3.82. The van der Waals surface area contributed by atoms with Crippen molar-refractivity contribution in [3.8, 4) is 0 Å². The lowest BCUT2D eigenvalue weighted by molar-refractivity contribution is -0.384. The zero-order valence-corrected chi connectivity index (χ0v) is 16.2. The number of benzene rings is 2. The van der Waals surface area contributed by atoms with E-state index < -0.39 is 10.6 Å². The molecule has 0 saturated heterocycles. The Kier molecular flexibility index (Phi) is 5.45. The van der Waals surface area contributed by atoms with Gasteiger partial charge in [0, 0.05) is 17.8 Å². The van der Waals surface area contributed by atoms with E-state index >= 15 is 0 Å². The van der Waals surface area contributed by atoms with E-state index in [-0.39, 0.29) is 17.6 Å². The summed E-state index contributed by atoms with van der Waals surface area (Å²) in [5, 5.41) is 10.8. The maximum atomic E-state index is 10.8. The van der Waals surface area contributed by atoms with Gasteiger partial charge >= 0.3 is 0 Å². The molecule has 0 aromatic heterocycles. The minimum atomic E-state index is -0.653. The van der Waals surface area contributed by atoms with Crippen molar-refractivity contribution in [1.82, 2.24) is 0 Å². The van der Waals surface area contributed by atoms with E-state index in [9.17, 15) is 10.1 Å². The third-order valence-electron chi connectivity index (χ3n) is 4.29. The second kappa shape index (κ2) is 7.97. The number of allylic oxidation sites excluding steroid dienone is 2. The van der Waals surface area contributed by atoms with Gasteiger partial charge in [-0.15, -0.1) is 0 Å². The average molecular weight is 390 g/mol. The monoisotopic (exact) mass is 390 g/mol. The number of anilines is 1. The van der Waals surface area contributed by atoms with E-state index in [2.05, 4.69) is 9.98 Å². The molecule has 0 saturated carbocycles. The largest absolute Gasteiger partial charge is 0.369 e. The molecule has 0 bridgehead atoms. The number of nitrogens with zero attached hydrogens (tertiary/aromatic N) is 4. The molecule has 1 aliphatic rings. The van der Waals surface area contributed by atoms with E-state index in [1.165, 1.54) is 12.1 Å². The van der Waals surface area contributed by atoms with Crippen LogP contribution in [0.2, 0.25) is 0 Å². The van der Waals surface area contributed by atoms with Gasteiger partial charge in [-0.1, -0.05) is 48.6 Å². The number of nitro benzene ring substituents is 1. The van der Waals surface area contributed by atoms with Crippen molar-refractivity contribution in [2.45, 2.75) is 19.5 Å². The van der Waals surface area contributed by atoms with Gasteiger partial charge in [-0.3, -0.25) is 15.0 Å². The van der Waals surface area contributed by atoms with Crippen LogP contribution in [0.1, 0.15) is 25.0 Å². The van der Waals surface area contributed by atoms with Gasteiger partial charge in [0.05, 0.1) is 4.92 Å². The quantitative estimate of drug-likeness (QED) is 0.459. The van der Waals surface area contributed by atoms with Crippen molar-refractivity contribution in [2.75, 3.05) is 4.90 Å². The zero-order valence-electron chi connectivity index (χ0n) is 16.2. The van der Waals surface area contributed by atoms with Gasteiger partial charge in [0.25, 0.3) is 5.69 Å². The Morgan fingerprint density at radius 3 is 2.28 bits per heavy atom. The number of non-ortho nitro benzene ring substituents is 1. The molecule has 8 heteroatoms. The molecule has 0 unspecified atom stereocenters. The van der Waals surface area contributed by atoms with E-state index in [1.807, 2.05) is 73.4 Å². The third-order valence-corrected chi connectivity index (χ3v) is 4.29. The van der Waals surface area contributed by atoms with E-state index in [0.29, 0.717) is 0 Å². The minimum absolute atomic E-state index is 0.0653. The van der Waals surface area contributed by atoms with Gasteiger partial charge in [-0.05, 0) is 37.1 Å². The maximum absolute atomic E-state index is 10.8. The molecule has 1 heterocycles. The lowest BCUT2D eigenvalue weighted by Gasteiger charge is -2.38. The van der Waals surface area contributed by atoms with Crippen molar-refractivity contribution in [1.29, 1.82) is 0 Å². The number of nitrogens with two attached hydrogens (primary N) is 2. The summed E-state index contributed by atoms with van der Waals surface area (Å²) >= 11 is 0. The van der Waals surface area contributed by atoms with Gasteiger partial charge in [0.2, 0.25) is 11.9 Å². The summed E-state index contributed by atoms with van der Waals surface area (Å²) in [6, 6.07) is 14.2. The Hall–Kier alpha value is -3.94. The first-order valence-electron chi connectivity index (χ1n) is 8.95. The maximum Gasteiger partial charge on any atom is 0.270 e. The highest BCUT2D eigenvalue weighted by atomic mass is 16.6. The molecule has 0 radical (unpaired) electrons. The molecule has 2 aromatic rings. The fourth-order valence-corrected chi connectivity index (χ4v) is 3.09. The molecule has 0 aliphatic carbocycles. The van der Waals surface area contributed by atoms with Crippen molar-refractivity contribution >= 4 is 35.4 Å². The van der Waals surface area contributed by atoms with Crippen LogP contribution in [-0.2, 0) is 0 Å². The summed E-state index contributed by atoms with van der Waals surface area (Å²) < 4.78 is 0. The number of hydrogen-bond donors (Lipinski definition) is 2. The number of nitro groups is 1. The first-order valence-corrected chi connectivity index (χ1v) is 8.95. The van der Waals surface area contributed by atoms with E-state index in [4.69, 9.17) is 11.5 Å². The van der Waals surface area contributed by atoms with Crippen molar-refractivity contribution in [2.24, 2.45) is 21.5 Å². The van der Waals surface area contributed by atoms with Crippen LogP contribution in [0.15, 0.2) is 70.7 Å². The molecule has 0 amide bonds. The molecular weight excluding hydrogens is 368 g/mol. The van der Waals surface area contributed by atoms with Crippen LogP contribution in [0.4, 0.5) is 11.4 Å². The summed E-state index contributed by atoms with van der Waals surface area (Å²) in [7, 11) is 0. The fourth-order valence-electron chi connectivity index (χ4n) is 3.09. The summed E-state index contributed by atoms with van der Waals surface area (Å²) in [5.41, 5.74) is 13.8. The van der Waals surface area contributed by atoms with E-state index in [0.717, 1.165) is 16.8 Å². The first-order chi connectivity index (χ1) is 13.8. The molecule has 0 fully saturated rings. The smallest absolute Gasteiger partial charge is 0.270 e. The number of aliphatic imine (C=N–C) groups is 2. The Morgan fingerprint density at radius 1 is 1.03 bits per heavy atom. The highest BCUT2D eigenvalue weighted by Gasteiger charge is 2.32. The van der Waals surface area contributed by atoms with Gasteiger partial charge in [-0.2, -0.15) is 4.99 Å². The molecule has 148 valence electrons. The Labute approximate surface area is 168 Å². The van der Waals surface area contributed by atoms with Gasteiger partial charge < -0.3 is 11.5 Å².